The minimum Gasteiger partial charge on any atom is -0.480 e. The Morgan fingerprint density at radius 2 is 1.92 bits per heavy atom. The van der Waals surface area contributed by atoms with Crippen LogP contribution < -0.4 is 4.74 Å². The van der Waals surface area contributed by atoms with E-state index >= 15 is 0 Å². The number of halogens is 1. The van der Waals surface area contributed by atoms with Gasteiger partial charge in [0.05, 0.1) is 23.1 Å². The van der Waals surface area contributed by atoms with Crippen LogP contribution in [0.15, 0.2) is 35.5 Å². The average molecular weight is 375 g/mol. The van der Waals surface area contributed by atoms with Gasteiger partial charge in [-0.1, -0.05) is 23.8 Å². The van der Waals surface area contributed by atoms with E-state index in [0.29, 0.717) is 5.56 Å². The van der Waals surface area contributed by atoms with Gasteiger partial charge in [0.15, 0.2) is 6.61 Å². The molecule has 8 heteroatoms. The molecule has 4 rings (SSSR count). The normalized spacial score (nSPS) is 29.0. The Morgan fingerprint density at radius 3 is 2.50 bits per heavy atom. The molecule has 1 saturated heterocycles. The van der Waals surface area contributed by atoms with Crippen molar-refractivity contribution in [1.29, 1.82) is 0 Å². The highest BCUT2D eigenvalue weighted by atomic mass is 35.5. The molecule has 1 aromatic carbocycles. The monoisotopic (exact) mass is 374 g/mol. The minimum atomic E-state index is -1.10. The van der Waals surface area contributed by atoms with E-state index in [-0.39, 0.29) is 46.3 Å². The predicted molar refractivity (Wildman–Crippen MR) is 91.7 cm³/mol. The lowest BCUT2D eigenvalue weighted by Crippen LogP contribution is -2.28. The molecule has 2 bridgehead atoms. The second-order valence-electron chi connectivity index (χ2n) is 6.60. The summed E-state index contributed by atoms with van der Waals surface area (Å²) in [6, 6.07) is 4.65. The van der Waals surface area contributed by atoms with Crippen molar-refractivity contribution in [3.63, 3.8) is 0 Å². The largest absolute Gasteiger partial charge is 0.480 e. The summed E-state index contributed by atoms with van der Waals surface area (Å²) in [5.41, 5.74) is 0.566. The van der Waals surface area contributed by atoms with E-state index < -0.39 is 12.6 Å². The molecule has 1 N–H and O–H groups in total. The van der Waals surface area contributed by atoms with Gasteiger partial charge in [-0.2, -0.15) is 10.1 Å². The molecule has 1 aliphatic heterocycles. The van der Waals surface area contributed by atoms with Crippen molar-refractivity contribution < 1.29 is 24.2 Å². The van der Waals surface area contributed by atoms with Crippen LogP contribution in [0.5, 0.6) is 5.75 Å². The fraction of sp³-hybridized carbons (Fsp3) is 0.333. The standard InChI is InChI=1S/C18H15ClN2O5/c19-12-5-9(1-4-13(12)26-8-14(22)23)7-20-21-17(24)15-10-2-3-11(6-10)16(15)18(21)25/h1-5,7,10-11,15-16H,6,8H2,(H,22,23)/t10-,11-,15-,16+/m0/s1. The molecule has 3 aliphatic rings. The third-order valence-corrected chi connectivity index (χ3v) is 5.37. The highest BCUT2D eigenvalue weighted by molar-refractivity contribution is 6.32. The number of carbonyl (C=O) groups is 3. The zero-order valence-electron chi connectivity index (χ0n) is 13.5. The zero-order chi connectivity index (χ0) is 18.4. The molecule has 4 atom stereocenters. The molecule has 2 amide bonds. The molecule has 134 valence electrons. The Labute approximate surface area is 153 Å². The molecular weight excluding hydrogens is 360 g/mol. The van der Waals surface area contributed by atoms with Gasteiger partial charge < -0.3 is 9.84 Å². The summed E-state index contributed by atoms with van der Waals surface area (Å²) in [4.78, 5) is 35.6. The Hall–Kier alpha value is -2.67. The molecule has 0 aromatic heterocycles. The summed E-state index contributed by atoms with van der Waals surface area (Å²) in [5.74, 6) is -1.66. The van der Waals surface area contributed by atoms with Crippen LogP contribution in [0.4, 0.5) is 0 Å². The van der Waals surface area contributed by atoms with Crippen LogP contribution in [0.2, 0.25) is 5.02 Å². The topological polar surface area (TPSA) is 96.3 Å². The predicted octanol–water partition coefficient (Wildman–Crippen LogP) is 1.94. The quantitative estimate of drug-likeness (QED) is 0.482. The van der Waals surface area contributed by atoms with Crippen LogP contribution >= 0.6 is 11.6 Å². The van der Waals surface area contributed by atoms with Crippen molar-refractivity contribution in [2.75, 3.05) is 6.61 Å². The van der Waals surface area contributed by atoms with E-state index in [4.69, 9.17) is 21.4 Å². The van der Waals surface area contributed by atoms with E-state index in [1.54, 1.807) is 6.07 Å². The first-order chi connectivity index (χ1) is 12.5. The summed E-state index contributed by atoms with van der Waals surface area (Å²) in [6.07, 6.45) is 6.32. The molecule has 2 fully saturated rings. The molecule has 0 spiro atoms. The van der Waals surface area contributed by atoms with Crippen LogP contribution in [0.3, 0.4) is 0 Å². The number of nitrogens with zero attached hydrogens (tertiary/aromatic N) is 2. The molecule has 0 unspecified atom stereocenters. The first kappa shape index (κ1) is 16.8. The Kier molecular flexibility index (Phi) is 4.03. The Morgan fingerprint density at radius 1 is 1.27 bits per heavy atom. The van der Waals surface area contributed by atoms with Crippen molar-refractivity contribution >= 4 is 35.6 Å². The van der Waals surface area contributed by atoms with Gasteiger partial charge in [0.25, 0.3) is 11.8 Å². The molecule has 26 heavy (non-hydrogen) atoms. The summed E-state index contributed by atoms with van der Waals surface area (Å²) in [6.45, 7) is -0.497. The van der Waals surface area contributed by atoms with Gasteiger partial charge in [-0.15, -0.1) is 0 Å². The number of hydrogen-bond acceptors (Lipinski definition) is 5. The maximum absolute atomic E-state index is 12.5. The fourth-order valence-electron chi connectivity index (χ4n) is 3.98. The van der Waals surface area contributed by atoms with Gasteiger partial charge in [-0.3, -0.25) is 9.59 Å². The van der Waals surface area contributed by atoms with Crippen molar-refractivity contribution in [3.05, 3.63) is 40.9 Å². The summed E-state index contributed by atoms with van der Waals surface area (Å²) in [5, 5.41) is 13.9. The van der Waals surface area contributed by atoms with Gasteiger partial charge in [0, 0.05) is 0 Å². The maximum Gasteiger partial charge on any atom is 0.341 e. The number of carbonyl (C=O) groups excluding carboxylic acids is 2. The second-order valence-corrected chi connectivity index (χ2v) is 7.01. The van der Waals surface area contributed by atoms with Crippen molar-refractivity contribution in [3.8, 4) is 5.75 Å². The number of amides is 2. The molecule has 1 aromatic rings. The number of carboxylic acids is 1. The Balaban J connectivity index is 1.49. The van der Waals surface area contributed by atoms with Crippen LogP contribution in [0.25, 0.3) is 0 Å². The lowest BCUT2D eigenvalue weighted by Gasteiger charge is -2.13. The highest BCUT2D eigenvalue weighted by Gasteiger charge is 2.59. The van der Waals surface area contributed by atoms with Crippen LogP contribution in [-0.2, 0) is 14.4 Å². The van der Waals surface area contributed by atoms with Gasteiger partial charge in [0.2, 0.25) is 0 Å². The number of allylic oxidation sites excluding steroid dienone is 2. The van der Waals surface area contributed by atoms with Crippen LogP contribution in [-0.4, -0.2) is 40.7 Å². The molecule has 1 heterocycles. The third kappa shape index (κ3) is 2.68. The van der Waals surface area contributed by atoms with E-state index in [1.807, 2.05) is 12.2 Å². The van der Waals surface area contributed by atoms with Gasteiger partial charge in [-0.05, 0) is 42.0 Å². The zero-order valence-corrected chi connectivity index (χ0v) is 14.3. The number of aliphatic carboxylic acids is 1. The van der Waals surface area contributed by atoms with Gasteiger partial charge in [-0.25, -0.2) is 4.79 Å². The molecule has 1 saturated carbocycles. The number of hydrogen-bond donors (Lipinski definition) is 1. The number of rotatable bonds is 5. The smallest absolute Gasteiger partial charge is 0.341 e. The minimum absolute atomic E-state index is 0.141. The molecular formula is C18H15ClN2O5. The van der Waals surface area contributed by atoms with E-state index in [9.17, 15) is 14.4 Å². The lowest BCUT2D eigenvalue weighted by molar-refractivity contribution is -0.141. The van der Waals surface area contributed by atoms with Crippen molar-refractivity contribution in [1.82, 2.24) is 5.01 Å². The summed E-state index contributed by atoms with van der Waals surface area (Å²) < 4.78 is 5.04. The van der Waals surface area contributed by atoms with Crippen molar-refractivity contribution in [2.24, 2.45) is 28.8 Å². The SMILES string of the molecule is O=C(O)COc1ccc(C=NN2C(=O)[C@@H]3[C@H](C2=O)[C@H]2C=C[C@H]3C2)cc1Cl. The number of fused-ring (bicyclic) bond motifs is 5. The van der Waals surface area contributed by atoms with E-state index in [1.165, 1.54) is 18.3 Å². The van der Waals surface area contributed by atoms with E-state index in [0.717, 1.165) is 11.4 Å². The van der Waals surface area contributed by atoms with E-state index in [2.05, 4.69) is 5.10 Å². The molecule has 2 aliphatic carbocycles. The Bertz CT molecular complexity index is 835. The molecule has 7 nitrogen and oxygen atoms in total. The van der Waals surface area contributed by atoms with Crippen LogP contribution in [0, 0.1) is 23.7 Å². The number of carboxylic acid groups (broad SMARTS) is 1. The van der Waals surface area contributed by atoms with Crippen LogP contribution in [0.1, 0.15) is 12.0 Å². The number of benzene rings is 1. The lowest BCUT2D eigenvalue weighted by atomic mass is 9.85. The highest BCUT2D eigenvalue weighted by Crippen LogP contribution is 2.52. The summed E-state index contributed by atoms with van der Waals surface area (Å²) >= 11 is 6.05. The summed E-state index contributed by atoms with van der Waals surface area (Å²) in [7, 11) is 0. The van der Waals surface area contributed by atoms with Gasteiger partial charge >= 0.3 is 5.97 Å². The number of hydrazone groups is 1. The number of ether oxygens (including phenoxy) is 1. The average Bonchev–Trinajstić information content (AvgIpc) is 3.27. The number of imide groups is 1. The third-order valence-electron chi connectivity index (χ3n) is 5.08. The van der Waals surface area contributed by atoms with Crippen molar-refractivity contribution in [2.45, 2.75) is 6.42 Å². The first-order valence-electron chi connectivity index (χ1n) is 8.20. The second kappa shape index (κ2) is 6.25. The molecule has 0 radical (unpaired) electrons. The first-order valence-corrected chi connectivity index (χ1v) is 8.58. The van der Waals surface area contributed by atoms with Gasteiger partial charge in [0.1, 0.15) is 5.75 Å². The fourth-order valence-corrected chi connectivity index (χ4v) is 4.22. The maximum atomic E-state index is 12.5.